The molecule has 0 bridgehead atoms. The number of nitrogens with zero attached hydrogens (tertiary/aromatic N) is 1. The number of hydrogen-bond acceptors (Lipinski definition) is 3. The van der Waals surface area contributed by atoms with Gasteiger partial charge in [0.2, 0.25) is 0 Å². The average Bonchev–Trinajstić information content (AvgIpc) is 2.43. The van der Waals surface area contributed by atoms with Gasteiger partial charge in [0.25, 0.3) is 10.0 Å². The number of halogens is 2. The molecule has 21 heavy (non-hydrogen) atoms. The van der Waals surface area contributed by atoms with Crippen LogP contribution in [0, 0.1) is 6.92 Å². The van der Waals surface area contributed by atoms with Crippen LogP contribution in [0.1, 0.15) is 11.1 Å². The minimum atomic E-state index is -3.67. The van der Waals surface area contributed by atoms with Gasteiger partial charge in [0.15, 0.2) is 0 Å². The van der Waals surface area contributed by atoms with Crippen molar-refractivity contribution in [3.8, 4) is 0 Å². The van der Waals surface area contributed by atoms with Crippen LogP contribution in [0.5, 0.6) is 0 Å². The highest BCUT2D eigenvalue weighted by molar-refractivity contribution is 7.89. The summed E-state index contributed by atoms with van der Waals surface area (Å²) in [4.78, 5) is 2.30. The van der Waals surface area contributed by atoms with Crippen molar-refractivity contribution in [3.05, 3.63) is 63.6 Å². The standard InChI is InChI=1S/C14H12Cl2N2O2S/c1-10-2-5-12(6-3-10)21(19,20)18-17-9-11-4-7-13(15)14(16)8-11/h2-9,18H,1H3. The zero-order valence-corrected chi connectivity index (χ0v) is 13.4. The first-order valence-corrected chi connectivity index (χ1v) is 8.19. The molecule has 7 heteroatoms. The third-order valence-corrected chi connectivity index (χ3v) is 4.64. The van der Waals surface area contributed by atoms with Crippen molar-refractivity contribution in [2.24, 2.45) is 5.10 Å². The lowest BCUT2D eigenvalue weighted by Crippen LogP contribution is -2.18. The summed E-state index contributed by atoms with van der Waals surface area (Å²) in [5, 5.41) is 4.52. The second-order valence-electron chi connectivity index (χ2n) is 4.34. The highest BCUT2D eigenvalue weighted by Crippen LogP contribution is 2.21. The molecule has 0 heterocycles. The van der Waals surface area contributed by atoms with Gasteiger partial charge in [0.1, 0.15) is 0 Å². The third kappa shape index (κ3) is 4.20. The summed E-state index contributed by atoms with van der Waals surface area (Å²) in [7, 11) is -3.67. The van der Waals surface area contributed by atoms with E-state index < -0.39 is 10.0 Å². The lowest BCUT2D eigenvalue weighted by Gasteiger charge is -2.03. The molecule has 0 aliphatic carbocycles. The largest absolute Gasteiger partial charge is 0.276 e. The molecule has 0 spiro atoms. The molecular weight excluding hydrogens is 331 g/mol. The number of benzene rings is 2. The van der Waals surface area contributed by atoms with Crippen LogP contribution in [-0.4, -0.2) is 14.6 Å². The number of hydrazone groups is 1. The summed E-state index contributed by atoms with van der Waals surface area (Å²) in [6.07, 6.45) is 1.36. The van der Waals surface area contributed by atoms with E-state index in [2.05, 4.69) is 9.93 Å². The molecule has 0 amide bonds. The maximum absolute atomic E-state index is 12.0. The first kappa shape index (κ1) is 15.8. The Morgan fingerprint density at radius 2 is 1.71 bits per heavy atom. The summed E-state index contributed by atoms with van der Waals surface area (Å²) in [6.45, 7) is 1.88. The number of sulfonamides is 1. The molecule has 4 nitrogen and oxygen atoms in total. The number of aryl methyl sites for hydroxylation is 1. The van der Waals surface area contributed by atoms with E-state index in [1.54, 1.807) is 30.3 Å². The van der Waals surface area contributed by atoms with E-state index in [-0.39, 0.29) is 4.90 Å². The van der Waals surface area contributed by atoms with E-state index in [0.29, 0.717) is 15.6 Å². The number of hydrogen-bond donors (Lipinski definition) is 1. The third-order valence-electron chi connectivity index (χ3n) is 2.66. The highest BCUT2D eigenvalue weighted by atomic mass is 35.5. The fraction of sp³-hybridized carbons (Fsp3) is 0.0714. The second kappa shape index (κ2) is 6.47. The Balaban J connectivity index is 2.12. The van der Waals surface area contributed by atoms with Gasteiger partial charge in [-0.25, -0.2) is 4.83 Å². The summed E-state index contributed by atoms with van der Waals surface area (Å²) in [6, 6.07) is 11.4. The fourth-order valence-corrected chi connectivity index (χ4v) is 2.63. The molecule has 0 unspecified atom stereocenters. The van der Waals surface area contributed by atoms with Gasteiger partial charge < -0.3 is 0 Å². The first-order chi connectivity index (χ1) is 9.88. The van der Waals surface area contributed by atoms with Gasteiger partial charge in [-0.3, -0.25) is 0 Å². The van der Waals surface area contributed by atoms with Crippen LogP contribution < -0.4 is 4.83 Å². The highest BCUT2D eigenvalue weighted by Gasteiger charge is 2.11. The molecule has 2 aromatic rings. The molecule has 0 saturated heterocycles. The smallest absolute Gasteiger partial charge is 0.200 e. The second-order valence-corrected chi connectivity index (χ2v) is 6.81. The maximum Gasteiger partial charge on any atom is 0.276 e. The van der Waals surface area contributed by atoms with Gasteiger partial charge in [-0.1, -0.05) is 47.0 Å². The lowest BCUT2D eigenvalue weighted by molar-refractivity contribution is 0.584. The predicted molar refractivity (Wildman–Crippen MR) is 85.6 cm³/mol. The lowest BCUT2D eigenvalue weighted by atomic mass is 10.2. The van der Waals surface area contributed by atoms with Crippen LogP contribution in [0.25, 0.3) is 0 Å². The number of nitrogens with one attached hydrogen (secondary N) is 1. The molecule has 0 aromatic heterocycles. The van der Waals surface area contributed by atoms with Gasteiger partial charge in [-0.05, 0) is 36.8 Å². The molecule has 0 radical (unpaired) electrons. The molecule has 0 fully saturated rings. The Labute approximate surface area is 133 Å². The van der Waals surface area contributed by atoms with Crippen molar-refractivity contribution in [2.45, 2.75) is 11.8 Å². The van der Waals surface area contributed by atoms with Crippen LogP contribution in [0.15, 0.2) is 52.5 Å². The Hall–Kier alpha value is -1.56. The summed E-state index contributed by atoms with van der Waals surface area (Å²) in [5.41, 5.74) is 1.62. The van der Waals surface area contributed by atoms with Gasteiger partial charge in [0, 0.05) is 0 Å². The summed E-state index contributed by atoms with van der Waals surface area (Å²) < 4.78 is 24.0. The van der Waals surface area contributed by atoms with Crippen molar-refractivity contribution >= 4 is 39.4 Å². The van der Waals surface area contributed by atoms with E-state index in [0.717, 1.165) is 5.56 Å². The fourth-order valence-electron chi connectivity index (χ4n) is 1.53. The summed E-state index contributed by atoms with van der Waals surface area (Å²) >= 11 is 11.7. The van der Waals surface area contributed by atoms with Gasteiger partial charge in [-0.2, -0.15) is 13.5 Å². The van der Waals surface area contributed by atoms with Crippen molar-refractivity contribution < 1.29 is 8.42 Å². The molecule has 0 aliphatic rings. The zero-order valence-electron chi connectivity index (χ0n) is 11.0. The molecule has 2 aromatic carbocycles. The van der Waals surface area contributed by atoms with Crippen LogP contribution >= 0.6 is 23.2 Å². The van der Waals surface area contributed by atoms with Crippen molar-refractivity contribution in [1.29, 1.82) is 0 Å². The van der Waals surface area contributed by atoms with Crippen LogP contribution in [0.2, 0.25) is 10.0 Å². The summed E-state index contributed by atoms with van der Waals surface area (Å²) in [5.74, 6) is 0. The van der Waals surface area contributed by atoms with E-state index in [1.165, 1.54) is 18.3 Å². The minimum absolute atomic E-state index is 0.152. The van der Waals surface area contributed by atoms with Crippen molar-refractivity contribution in [1.82, 2.24) is 4.83 Å². The molecular formula is C14H12Cl2N2O2S. The molecule has 110 valence electrons. The van der Waals surface area contributed by atoms with Crippen LogP contribution in [-0.2, 0) is 10.0 Å². The monoisotopic (exact) mass is 342 g/mol. The van der Waals surface area contributed by atoms with Gasteiger partial charge in [-0.15, -0.1) is 0 Å². The van der Waals surface area contributed by atoms with E-state index in [4.69, 9.17) is 23.2 Å². The SMILES string of the molecule is Cc1ccc(S(=O)(=O)NN=Cc2ccc(Cl)c(Cl)c2)cc1. The van der Waals surface area contributed by atoms with Crippen molar-refractivity contribution in [3.63, 3.8) is 0 Å². The Morgan fingerprint density at radius 1 is 1.05 bits per heavy atom. The van der Waals surface area contributed by atoms with Gasteiger partial charge >= 0.3 is 0 Å². The average molecular weight is 343 g/mol. The molecule has 0 aliphatic heterocycles. The first-order valence-electron chi connectivity index (χ1n) is 5.95. The van der Waals surface area contributed by atoms with Crippen LogP contribution in [0.3, 0.4) is 0 Å². The molecule has 0 atom stereocenters. The van der Waals surface area contributed by atoms with Crippen LogP contribution in [0.4, 0.5) is 0 Å². The molecule has 2 rings (SSSR count). The van der Waals surface area contributed by atoms with E-state index >= 15 is 0 Å². The van der Waals surface area contributed by atoms with E-state index in [9.17, 15) is 8.42 Å². The Kier molecular flexibility index (Phi) is 4.88. The Bertz CT molecular complexity index is 772. The zero-order chi connectivity index (χ0) is 15.5. The minimum Gasteiger partial charge on any atom is -0.200 e. The quantitative estimate of drug-likeness (QED) is 0.681. The Morgan fingerprint density at radius 3 is 2.33 bits per heavy atom. The van der Waals surface area contributed by atoms with E-state index in [1.807, 2.05) is 6.92 Å². The van der Waals surface area contributed by atoms with Crippen molar-refractivity contribution in [2.75, 3.05) is 0 Å². The normalized spacial score (nSPS) is 11.8. The predicted octanol–water partition coefficient (Wildman–Crippen LogP) is 3.61. The van der Waals surface area contributed by atoms with Gasteiger partial charge in [0.05, 0.1) is 21.2 Å². The maximum atomic E-state index is 12.0. The number of rotatable bonds is 4. The molecule has 1 N–H and O–H groups in total. The molecule has 0 saturated carbocycles. The topological polar surface area (TPSA) is 58.5 Å².